The molecule has 0 fully saturated rings. The normalized spacial score (nSPS) is 19.2. The quantitative estimate of drug-likeness (QED) is 0.520. The maximum atomic E-state index is 9.40. The van der Waals surface area contributed by atoms with Crippen LogP contribution < -0.4 is 0 Å². The lowest BCUT2D eigenvalue weighted by atomic mass is 10.3. The van der Waals surface area contributed by atoms with Crippen LogP contribution in [0.5, 0.6) is 0 Å². The van der Waals surface area contributed by atoms with Gasteiger partial charge in [0.2, 0.25) is 0 Å². The highest BCUT2D eigenvalue weighted by atomic mass is 16.4. The van der Waals surface area contributed by atoms with E-state index < -0.39 is 18.7 Å². The second-order valence-corrected chi connectivity index (χ2v) is 2.86. The van der Waals surface area contributed by atoms with Gasteiger partial charge in [-0.2, -0.15) is 0 Å². The summed E-state index contributed by atoms with van der Waals surface area (Å²) in [5.41, 5.74) is 0. The van der Waals surface area contributed by atoms with Gasteiger partial charge in [-0.05, 0) is 19.8 Å². The Morgan fingerprint density at radius 3 is 1.50 bits per heavy atom. The molecule has 0 saturated heterocycles. The third-order valence-corrected chi connectivity index (χ3v) is 1.85. The zero-order chi connectivity index (χ0) is 9.72. The van der Waals surface area contributed by atoms with Gasteiger partial charge in [-0.25, -0.2) is 4.90 Å². The minimum absolute atomic E-state index is 0.488. The molecule has 0 spiro atoms. The summed E-state index contributed by atoms with van der Waals surface area (Å²) < 4.78 is 0. The summed E-state index contributed by atoms with van der Waals surface area (Å²) in [5, 5.41) is 28.0. The van der Waals surface area contributed by atoms with Gasteiger partial charge in [-0.15, -0.1) is 0 Å². The van der Waals surface area contributed by atoms with Crippen molar-refractivity contribution in [1.29, 1.82) is 0 Å². The molecule has 0 bridgehead atoms. The van der Waals surface area contributed by atoms with Gasteiger partial charge in [-0.1, -0.05) is 13.8 Å². The summed E-state index contributed by atoms with van der Waals surface area (Å²) in [7, 11) is 0. The van der Waals surface area contributed by atoms with Crippen LogP contribution in [-0.4, -0.2) is 38.9 Å². The van der Waals surface area contributed by atoms with Crippen molar-refractivity contribution in [3.8, 4) is 0 Å². The highest BCUT2D eigenvalue weighted by Gasteiger charge is 2.24. The topological polar surface area (TPSA) is 63.9 Å². The molecule has 0 rings (SSSR count). The van der Waals surface area contributed by atoms with Gasteiger partial charge in [0.25, 0.3) is 0 Å². The fraction of sp³-hybridized carbons (Fsp3) is 1.00. The Morgan fingerprint density at radius 1 is 1.00 bits per heavy atom. The molecule has 3 unspecified atom stereocenters. The second kappa shape index (κ2) is 5.48. The maximum absolute atomic E-state index is 9.40. The van der Waals surface area contributed by atoms with Crippen molar-refractivity contribution in [3.05, 3.63) is 0 Å². The van der Waals surface area contributed by atoms with Crippen molar-refractivity contribution in [2.24, 2.45) is 0 Å². The van der Waals surface area contributed by atoms with Crippen molar-refractivity contribution < 1.29 is 15.3 Å². The minimum Gasteiger partial charge on any atom is -0.379 e. The van der Waals surface area contributed by atoms with Crippen LogP contribution in [0.2, 0.25) is 0 Å². The summed E-state index contributed by atoms with van der Waals surface area (Å²) in [5.74, 6) is 0. The monoisotopic (exact) mass is 177 g/mol. The van der Waals surface area contributed by atoms with Crippen LogP contribution in [0.15, 0.2) is 0 Å². The van der Waals surface area contributed by atoms with Gasteiger partial charge in [0.1, 0.15) is 18.7 Å². The van der Waals surface area contributed by atoms with Gasteiger partial charge >= 0.3 is 0 Å². The molecule has 0 aromatic heterocycles. The summed E-state index contributed by atoms with van der Waals surface area (Å²) in [6.07, 6.45) is -1.40. The van der Waals surface area contributed by atoms with Crippen molar-refractivity contribution in [1.82, 2.24) is 4.90 Å². The van der Waals surface area contributed by atoms with Crippen LogP contribution in [0.1, 0.15) is 33.6 Å². The lowest BCUT2D eigenvalue weighted by Gasteiger charge is -2.33. The number of aliphatic hydroxyl groups excluding tert-OH is 3. The van der Waals surface area contributed by atoms with E-state index >= 15 is 0 Å². The van der Waals surface area contributed by atoms with Crippen LogP contribution in [-0.2, 0) is 0 Å². The smallest absolute Gasteiger partial charge is 0.111 e. The molecule has 0 aliphatic rings. The average molecular weight is 177 g/mol. The molecule has 12 heavy (non-hydrogen) atoms. The minimum atomic E-state index is -0.824. The molecule has 0 amide bonds. The van der Waals surface area contributed by atoms with Gasteiger partial charge in [-0.3, -0.25) is 0 Å². The number of aliphatic hydroxyl groups is 3. The van der Waals surface area contributed by atoms with Crippen LogP contribution >= 0.6 is 0 Å². The zero-order valence-electron chi connectivity index (χ0n) is 7.94. The molecule has 74 valence electrons. The summed E-state index contributed by atoms with van der Waals surface area (Å²) in [6.45, 7) is 5.11. The molecule has 3 atom stereocenters. The van der Waals surface area contributed by atoms with Crippen molar-refractivity contribution in [2.75, 3.05) is 0 Å². The van der Waals surface area contributed by atoms with E-state index in [1.165, 1.54) is 11.8 Å². The second-order valence-electron chi connectivity index (χ2n) is 2.86. The molecule has 0 radical (unpaired) electrons. The van der Waals surface area contributed by atoms with Crippen LogP contribution in [0.3, 0.4) is 0 Å². The van der Waals surface area contributed by atoms with Crippen LogP contribution in [0.25, 0.3) is 0 Å². The molecule has 0 aromatic rings. The first kappa shape index (κ1) is 11.8. The lowest BCUT2D eigenvalue weighted by molar-refractivity contribution is -0.173. The fourth-order valence-electron chi connectivity index (χ4n) is 1.12. The van der Waals surface area contributed by atoms with Crippen LogP contribution in [0.4, 0.5) is 0 Å². The molecular weight excluding hydrogens is 158 g/mol. The molecule has 3 N–H and O–H groups in total. The summed E-state index contributed by atoms with van der Waals surface area (Å²) in [4.78, 5) is 1.28. The van der Waals surface area contributed by atoms with Crippen molar-refractivity contribution >= 4 is 0 Å². The molecule has 4 heteroatoms. The lowest BCUT2D eigenvalue weighted by Crippen LogP contribution is -2.48. The highest BCUT2D eigenvalue weighted by Crippen LogP contribution is 2.10. The average Bonchev–Trinajstić information content (AvgIpc) is 2.03. The molecule has 0 aromatic carbocycles. The van der Waals surface area contributed by atoms with Gasteiger partial charge in [0.05, 0.1) is 0 Å². The Balaban J connectivity index is 4.21. The van der Waals surface area contributed by atoms with E-state index in [1.54, 1.807) is 13.8 Å². The first-order valence-electron chi connectivity index (χ1n) is 4.36. The van der Waals surface area contributed by atoms with Crippen LogP contribution in [0, 0.1) is 0 Å². The Kier molecular flexibility index (Phi) is 5.41. The standard InChI is InChI=1S/C8H19NO3/c1-4-7(11)9(6(3)10)8(12)5-2/h6-8,10-12H,4-5H2,1-3H3. The van der Waals surface area contributed by atoms with E-state index in [2.05, 4.69) is 0 Å². The van der Waals surface area contributed by atoms with E-state index in [4.69, 9.17) is 0 Å². The molecule has 4 nitrogen and oxygen atoms in total. The Morgan fingerprint density at radius 2 is 1.33 bits per heavy atom. The van der Waals surface area contributed by atoms with Crippen molar-refractivity contribution in [2.45, 2.75) is 52.3 Å². The predicted octanol–water partition coefficient (Wildman–Crippen LogP) is 0.0835. The molecule has 0 aliphatic heterocycles. The third-order valence-electron chi connectivity index (χ3n) is 1.85. The SMILES string of the molecule is CCC(O)N(C(C)O)C(O)CC. The van der Waals surface area contributed by atoms with Gasteiger partial charge in [0.15, 0.2) is 0 Å². The molecular formula is C8H19NO3. The first-order valence-corrected chi connectivity index (χ1v) is 4.36. The number of rotatable bonds is 5. The fourth-order valence-corrected chi connectivity index (χ4v) is 1.12. The largest absolute Gasteiger partial charge is 0.379 e. The number of nitrogens with zero attached hydrogens (tertiary/aromatic N) is 1. The Labute approximate surface area is 73.4 Å². The van der Waals surface area contributed by atoms with E-state index in [1.807, 2.05) is 0 Å². The van der Waals surface area contributed by atoms with Gasteiger partial charge in [0, 0.05) is 0 Å². The molecule has 0 saturated carbocycles. The Bertz CT molecular complexity index is 109. The zero-order valence-corrected chi connectivity index (χ0v) is 7.94. The molecule has 0 aliphatic carbocycles. The maximum Gasteiger partial charge on any atom is 0.111 e. The third kappa shape index (κ3) is 3.06. The van der Waals surface area contributed by atoms with Gasteiger partial charge < -0.3 is 15.3 Å². The summed E-state index contributed by atoms with van der Waals surface area (Å²) in [6, 6.07) is 0. The Hall–Kier alpha value is -0.160. The van der Waals surface area contributed by atoms with Crippen molar-refractivity contribution in [3.63, 3.8) is 0 Å². The summed E-state index contributed by atoms with van der Waals surface area (Å²) >= 11 is 0. The number of hydrogen-bond donors (Lipinski definition) is 3. The predicted molar refractivity (Wildman–Crippen MR) is 46.1 cm³/mol. The van der Waals surface area contributed by atoms with E-state index in [-0.39, 0.29) is 0 Å². The van der Waals surface area contributed by atoms with E-state index in [9.17, 15) is 15.3 Å². The number of hydrogen-bond acceptors (Lipinski definition) is 4. The molecule has 0 heterocycles. The highest BCUT2D eigenvalue weighted by molar-refractivity contribution is 4.64. The van der Waals surface area contributed by atoms with E-state index in [0.29, 0.717) is 12.8 Å². The first-order chi connectivity index (χ1) is 5.54. The van der Waals surface area contributed by atoms with E-state index in [0.717, 1.165) is 0 Å².